The van der Waals surface area contributed by atoms with Crippen LogP contribution in [0.5, 0.6) is 5.75 Å². The largest absolute Gasteiger partial charge is 0.496 e. The average Bonchev–Trinajstić information content (AvgIpc) is 2.54. The van der Waals surface area contributed by atoms with Crippen molar-refractivity contribution in [3.8, 4) is 5.75 Å². The summed E-state index contributed by atoms with van der Waals surface area (Å²) in [5, 5.41) is 0.724. The molecule has 0 aliphatic heterocycles. The summed E-state index contributed by atoms with van der Waals surface area (Å²) >= 11 is 0. The first-order valence-electron chi connectivity index (χ1n) is 7.33. The van der Waals surface area contributed by atoms with Crippen molar-refractivity contribution in [2.45, 2.75) is 31.8 Å². The van der Waals surface area contributed by atoms with Crippen molar-refractivity contribution >= 4 is 13.9 Å². The van der Waals surface area contributed by atoms with E-state index in [1.54, 1.807) is 19.2 Å². The topological polar surface area (TPSA) is 9.23 Å². The molecule has 0 aliphatic rings. The molecule has 0 saturated carbocycles. The van der Waals surface area contributed by atoms with E-state index in [0.717, 1.165) is 23.9 Å². The summed E-state index contributed by atoms with van der Waals surface area (Å²) < 4.78 is 19.6. The molecule has 0 N–H and O–H groups in total. The molecular formula is C18H22FOP. The Hall–Kier alpha value is -1.40. The lowest BCUT2D eigenvalue weighted by Gasteiger charge is -2.34. The van der Waals surface area contributed by atoms with Crippen LogP contribution in [-0.2, 0) is 5.16 Å². The summed E-state index contributed by atoms with van der Waals surface area (Å²) in [6.45, 7) is 4.34. The van der Waals surface area contributed by atoms with Gasteiger partial charge in [-0.05, 0) is 25.0 Å². The van der Waals surface area contributed by atoms with Crippen LogP contribution in [0.15, 0.2) is 48.5 Å². The summed E-state index contributed by atoms with van der Waals surface area (Å²) in [5.41, 5.74) is 1.18. The zero-order chi connectivity index (χ0) is 15.3. The monoisotopic (exact) mass is 304 g/mol. The Balaban J connectivity index is 2.48. The van der Waals surface area contributed by atoms with E-state index in [2.05, 4.69) is 19.9 Å². The SMILES string of the molecule is CCC(CC)(Pc1ccccc1F)c1ccccc1OC. The molecule has 2 rings (SSSR count). The molecule has 0 aliphatic carbocycles. The Morgan fingerprint density at radius 1 is 1.00 bits per heavy atom. The molecule has 21 heavy (non-hydrogen) atoms. The molecule has 2 aromatic carbocycles. The molecule has 0 aromatic heterocycles. The molecule has 0 heterocycles. The summed E-state index contributed by atoms with van der Waals surface area (Å²) in [4.78, 5) is 0. The smallest absolute Gasteiger partial charge is 0.130 e. The fourth-order valence-corrected chi connectivity index (χ4v) is 4.33. The van der Waals surface area contributed by atoms with Gasteiger partial charge in [0.15, 0.2) is 0 Å². The maximum atomic E-state index is 14.1. The minimum atomic E-state index is -0.114. The van der Waals surface area contributed by atoms with Gasteiger partial charge >= 0.3 is 0 Å². The zero-order valence-corrected chi connectivity index (χ0v) is 13.8. The van der Waals surface area contributed by atoms with Gasteiger partial charge in [0.1, 0.15) is 11.6 Å². The van der Waals surface area contributed by atoms with Gasteiger partial charge in [-0.2, -0.15) is 0 Å². The Morgan fingerprint density at radius 3 is 2.24 bits per heavy atom. The molecule has 0 bridgehead atoms. The van der Waals surface area contributed by atoms with Crippen LogP contribution >= 0.6 is 8.58 Å². The van der Waals surface area contributed by atoms with Crippen LogP contribution in [0.25, 0.3) is 0 Å². The van der Waals surface area contributed by atoms with Crippen molar-refractivity contribution in [3.05, 3.63) is 59.9 Å². The number of para-hydroxylation sites is 1. The maximum absolute atomic E-state index is 14.1. The third-order valence-corrected chi connectivity index (χ3v) is 6.21. The van der Waals surface area contributed by atoms with Gasteiger partial charge in [0, 0.05) is 16.0 Å². The lowest BCUT2D eigenvalue weighted by atomic mass is 9.92. The quantitative estimate of drug-likeness (QED) is 0.693. The molecule has 3 heteroatoms. The van der Waals surface area contributed by atoms with E-state index in [4.69, 9.17) is 4.74 Å². The number of methoxy groups -OCH3 is 1. The molecule has 0 saturated heterocycles. The van der Waals surface area contributed by atoms with Gasteiger partial charge in [-0.15, -0.1) is 0 Å². The number of hydrogen-bond donors (Lipinski definition) is 0. The standard InChI is InChI=1S/C18H22FOP/c1-4-18(5-2,14-10-6-8-12-16(14)20-3)21-17-13-9-7-11-15(17)19/h6-13,21H,4-5H2,1-3H3. The van der Waals surface area contributed by atoms with Gasteiger partial charge < -0.3 is 4.74 Å². The second-order valence-electron chi connectivity index (χ2n) is 5.09. The molecule has 1 nitrogen and oxygen atoms in total. The Kier molecular flexibility index (Phi) is 5.36. The van der Waals surface area contributed by atoms with Crippen LogP contribution < -0.4 is 10.0 Å². The van der Waals surface area contributed by atoms with Crippen LogP contribution in [0, 0.1) is 5.82 Å². The molecule has 0 amide bonds. The lowest BCUT2D eigenvalue weighted by Crippen LogP contribution is -2.23. The number of rotatable bonds is 6. The number of hydrogen-bond acceptors (Lipinski definition) is 1. The third kappa shape index (κ3) is 3.27. The van der Waals surface area contributed by atoms with Gasteiger partial charge in [-0.3, -0.25) is 0 Å². The molecule has 0 fully saturated rings. The van der Waals surface area contributed by atoms with Gasteiger partial charge in [-0.25, -0.2) is 4.39 Å². The fraction of sp³-hybridized carbons (Fsp3) is 0.333. The van der Waals surface area contributed by atoms with E-state index in [-0.39, 0.29) is 11.0 Å². The van der Waals surface area contributed by atoms with E-state index in [1.165, 1.54) is 5.56 Å². The van der Waals surface area contributed by atoms with Crippen molar-refractivity contribution in [1.29, 1.82) is 0 Å². The summed E-state index contributed by atoms with van der Waals surface area (Å²) in [5.74, 6) is 0.780. The van der Waals surface area contributed by atoms with E-state index in [1.807, 2.05) is 30.3 Å². The van der Waals surface area contributed by atoms with Crippen molar-refractivity contribution < 1.29 is 9.13 Å². The first-order chi connectivity index (χ1) is 10.2. The maximum Gasteiger partial charge on any atom is 0.130 e. The van der Waals surface area contributed by atoms with Crippen LogP contribution in [0.1, 0.15) is 32.3 Å². The molecule has 0 spiro atoms. The first kappa shape index (κ1) is 16.0. The van der Waals surface area contributed by atoms with Crippen molar-refractivity contribution in [1.82, 2.24) is 0 Å². The zero-order valence-electron chi connectivity index (χ0n) is 12.8. The third-order valence-electron chi connectivity index (χ3n) is 4.08. The van der Waals surface area contributed by atoms with Crippen molar-refractivity contribution in [2.24, 2.45) is 0 Å². The van der Waals surface area contributed by atoms with E-state index < -0.39 is 0 Å². The Morgan fingerprint density at radius 2 is 1.62 bits per heavy atom. The van der Waals surface area contributed by atoms with E-state index >= 15 is 0 Å². The predicted octanol–water partition coefficient (Wildman–Crippen LogP) is 4.85. The van der Waals surface area contributed by atoms with Crippen LogP contribution in [0.2, 0.25) is 0 Å². The average molecular weight is 304 g/mol. The molecule has 1 unspecified atom stereocenters. The number of benzene rings is 2. The molecule has 0 radical (unpaired) electrons. The van der Waals surface area contributed by atoms with Gasteiger partial charge in [-0.1, -0.05) is 58.8 Å². The normalized spacial score (nSPS) is 12.0. The van der Waals surface area contributed by atoms with Crippen LogP contribution in [-0.4, -0.2) is 7.11 Å². The summed E-state index contributed by atoms with van der Waals surface area (Å²) in [7, 11) is 2.08. The number of halogens is 1. The second kappa shape index (κ2) is 7.04. The lowest BCUT2D eigenvalue weighted by molar-refractivity contribution is 0.399. The van der Waals surface area contributed by atoms with Crippen molar-refractivity contribution in [2.75, 3.05) is 7.11 Å². The molecular weight excluding hydrogens is 282 g/mol. The Labute approximate surface area is 128 Å². The summed E-state index contributed by atoms with van der Waals surface area (Å²) in [6, 6.07) is 15.2. The molecule has 2 aromatic rings. The highest BCUT2D eigenvalue weighted by Gasteiger charge is 2.32. The van der Waals surface area contributed by atoms with Gasteiger partial charge in [0.05, 0.1) is 7.11 Å². The van der Waals surface area contributed by atoms with Crippen LogP contribution in [0.3, 0.4) is 0 Å². The highest BCUT2D eigenvalue weighted by molar-refractivity contribution is 7.48. The highest BCUT2D eigenvalue weighted by Crippen LogP contribution is 2.49. The second-order valence-corrected chi connectivity index (χ2v) is 6.84. The summed E-state index contributed by atoms with van der Waals surface area (Å²) in [6.07, 6.45) is 1.91. The van der Waals surface area contributed by atoms with E-state index in [9.17, 15) is 4.39 Å². The van der Waals surface area contributed by atoms with E-state index in [0.29, 0.717) is 8.58 Å². The fourth-order valence-electron chi connectivity index (χ4n) is 2.74. The molecule has 1 atom stereocenters. The van der Waals surface area contributed by atoms with Crippen LogP contribution in [0.4, 0.5) is 4.39 Å². The first-order valence-corrected chi connectivity index (χ1v) is 8.33. The minimum Gasteiger partial charge on any atom is -0.496 e. The Bertz CT molecular complexity index is 593. The number of ether oxygens (including phenoxy) is 1. The van der Waals surface area contributed by atoms with Crippen molar-refractivity contribution in [3.63, 3.8) is 0 Å². The van der Waals surface area contributed by atoms with Gasteiger partial charge in [0.25, 0.3) is 0 Å². The minimum absolute atomic E-state index is 0.0746. The molecule has 112 valence electrons. The predicted molar refractivity (Wildman–Crippen MR) is 89.6 cm³/mol. The highest BCUT2D eigenvalue weighted by atomic mass is 31.1. The van der Waals surface area contributed by atoms with Gasteiger partial charge in [0.2, 0.25) is 0 Å².